The molecule has 1 atom stereocenters. The average Bonchev–Trinajstić information content (AvgIpc) is 3.43. The Morgan fingerprint density at radius 1 is 1.10 bits per heavy atom. The number of likely N-dealkylation sites (tertiary alicyclic amines) is 1. The summed E-state index contributed by atoms with van der Waals surface area (Å²) in [6.07, 6.45) is 4.57. The monoisotopic (exact) mass is 435 g/mol. The van der Waals surface area contributed by atoms with E-state index in [0.717, 1.165) is 49.1 Å². The molecule has 162 valence electrons. The summed E-state index contributed by atoms with van der Waals surface area (Å²) in [5.74, 6) is 1.40. The van der Waals surface area contributed by atoms with Gasteiger partial charge in [0.05, 0.1) is 11.6 Å². The number of aliphatic hydroxyl groups is 1. The predicted octanol–water partition coefficient (Wildman–Crippen LogP) is 5.83. The number of hydrogen-bond donors (Lipinski definition) is 1. The van der Waals surface area contributed by atoms with Crippen molar-refractivity contribution in [2.45, 2.75) is 38.2 Å². The highest BCUT2D eigenvalue weighted by Crippen LogP contribution is 2.40. The number of piperidine rings is 1. The number of nitrogens with zero attached hydrogens (tertiary/aromatic N) is 1. The van der Waals surface area contributed by atoms with Crippen LogP contribution in [0, 0.1) is 0 Å². The average molecular weight is 436 g/mol. The number of fused-ring (bicyclic) bond motifs is 2. The Morgan fingerprint density at radius 3 is 2.77 bits per heavy atom. The Balaban J connectivity index is 1.16. The molecule has 0 aliphatic carbocycles. The number of benzene rings is 2. The van der Waals surface area contributed by atoms with E-state index in [0.29, 0.717) is 19.1 Å². The second-order valence-electron chi connectivity index (χ2n) is 8.42. The third kappa shape index (κ3) is 4.22. The molecule has 1 fully saturated rings. The van der Waals surface area contributed by atoms with Gasteiger partial charge in [0.15, 0.2) is 0 Å². The highest BCUT2D eigenvalue weighted by molar-refractivity contribution is 7.19. The molecule has 2 aromatic carbocycles. The first-order valence-electron chi connectivity index (χ1n) is 11.2. The van der Waals surface area contributed by atoms with Crippen LogP contribution in [0.1, 0.15) is 36.1 Å². The number of rotatable bonds is 7. The fraction of sp³-hybridized carbons (Fsp3) is 0.385. The normalized spacial score (nSPS) is 16.8. The van der Waals surface area contributed by atoms with Crippen LogP contribution in [0.2, 0.25) is 0 Å². The van der Waals surface area contributed by atoms with E-state index >= 15 is 0 Å². The zero-order valence-electron chi connectivity index (χ0n) is 17.9. The van der Waals surface area contributed by atoms with Crippen molar-refractivity contribution >= 4 is 32.4 Å². The van der Waals surface area contributed by atoms with Gasteiger partial charge in [0.1, 0.15) is 24.0 Å². The van der Waals surface area contributed by atoms with E-state index in [1.165, 1.54) is 10.1 Å². The topological polar surface area (TPSA) is 45.8 Å². The molecule has 2 aromatic heterocycles. The molecule has 0 spiro atoms. The lowest BCUT2D eigenvalue weighted by atomic mass is 9.91. The molecule has 1 N–H and O–H groups in total. The van der Waals surface area contributed by atoms with Crippen LogP contribution in [-0.2, 0) is 6.42 Å². The first kappa shape index (κ1) is 20.6. The second kappa shape index (κ2) is 9.03. The molecular weight excluding hydrogens is 406 g/mol. The van der Waals surface area contributed by atoms with Gasteiger partial charge in [-0.25, -0.2) is 0 Å². The molecule has 0 unspecified atom stereocenters. The zero-order chi connectivity index (χ0) is 21.2. The van der Waals surface area contributed by atoms with E-state index in [2.05, 4.69) is 36.1 Å². The highest BCUT2D eigenvalue weighted by Gasteiger charge is 2.26. The van der Waals surface area contributed by atoms with Crippen molar-refractivity contribution < 1.29 is 14.3 Å². The summed E-state index contributed by atoms with van der Waals surface area (Å²) in [7, 11) is 0. The van der Waals surface area contributed by atoms with Gasteiger partial charge in [0.2, 0.25) is 0 Å². The highest BCUT2D eigenvalue weighted by atomic mass is 32.1. The van der Waals surface area contributed by atoms with Gasteiger partial charge in [0.25, 0.3) is 0 Å². The van der Waals surface area contributed by atoms with Crippen molar-refractivity contribution in [3.8, 4) is 5.75 Å². The fourth-order valence-corrected chi connectivity index (χ4v) is 6.28. The first-order chi connectivity index (χ1) is 15.2. The quantitative estimate of drug-likeness (QED) is 0.397. The summed E-state index contributed by atoms with van der Waals surface area (Å²) in [4.78, 5) is 3.96. The van der Waals surface area contributed by atoms with Crippen LogP contribution < -0.4 is 4.74 Å². The molecule has 4 nitrogen and oxygen atoms in total. The predicted molar refractivity (Wildman–Crippen MR) is 127 cm³/mol. The van der Waals surface area contributed by atoms with E-state index in [9.17, 15) is 5.11 Å². The van der Waals surface area contributed by atoms with Crippen LogP contribution >= 0.6 is 11.3 Å². The van der Waals surface area contributed by atoms with Gasteiger partial charge in [-0.15, -0.1) is 11.3 Å². The molecule has 1 aliphatic heterocycles. The zero-order valence-corrected chi connectivity index (χ0v) is 18.7. The number of β-amino-alcohol motifs (C(OH)–C–C–N with tert-alkyl or cyclic N) is 1. The molecule has 1 saturated heterocycles. The van der Waals surface area contributed by atoms with Gasteiger partial charge in [-0.05, 0) is 73.5 Å². The van der Waals surface area contributed by atoms with E-state index < -0.39 is 6.10 Å². The molecule has 0 bridgehead atoms. The third-order valence-electron chi connectivity index (χ3n) is 6.40. The molecule has 0 amide bonds. The Bertz CT molecular complexity index is 1160. The number of aryl methyl sites for hydroxylation is 1. The van der Waals surface area contributed by atoms with Crippen molar-refractivity contribution in [2.24, 2.45) is 0 Å². The Kier molecular flexibility index (Phi) is 5.99. The van der Waals surface area contributed by atoms with Crippen molar-refractivity contribution in [2.75, 3.05) is 26.2 Å². The number of ether oxygens (including phenoxy) is 1. The molecule has 3 heterocycles. The first-order valence-corrected chi connectivity index (χ1v) is 12.0. The fourth-order valence-electron chi connectivity index (χ4n) is 4.82. The molecule has 0 saturated carbocycles. The van der Waals surface area contributed by atoms with Crippen molar-refractivity contribution in [3.05, 3.63) is 65.2 Å². The summed E-state index contributed by atoms with van der Waals surface area (Å²) < 4.78 is 12.7. The minimum atomic E-state index is -0.505. The summed E-state index contributed by atoms with van der Waals surface area (Å²) in [5, 5.41) is 12.9. The summed E-state index contributed by atoms with van der Waals surface area (Å²) >= 11 is 1.98. The van der Waals surface area contributed by atoms with Gasteiger partial charge in [-0.1, -0.05) is 31.2 Å². The minimum absolute atomic E-state index is 0.292. The van der Waals surface area contributed by atoms with Crippen LogP contribution in [0.4, 0.5) is 0 Å². The van der Waals surface area contributed by atoms with Crippen LogP contribution in [-0.4, -0.2) is 42.4 Å². The number of thiophene rings is 1. The maximum Gasteiger partial charge on any atom is 0.137 e. The van der Waals surface area contributed by atoms with Crippen LogP contribution in [0.25, 0.3) is 21.1 Å². The summed E-state index contributed by atoms with van der Waals surface area (Å²) in [6.45, 7) is 5.27. The van der Waals surface area contributed by atoms with Gasteiger partial charge < -0.3 is 19.2 Å². The molecule has 4 aromatic rings. The van der Waals surface area contributed by atoms with Crippen molar-refractivity contribution in [1.82, 2.24) is 4.90 Å². The van der Waals surface area contributed by atoms with Gasteiger partial charge in [0, 0.05) is 16.1 Å². The van der Waals surface area contributed by atoms with Gasteiger partial charge >= 0.3 is 0 Å². The molecule has 5 heteroatoms. The van der Waals surface area contributed by atoms with Gasteiger partial charge in [-0.2, -0.15) is 0 Å². The molecule has 1 aliphatic rings. The number of furan rings is 1. The van der Waals surface area contributed by atoms with Crippen LogP contribution in [0.5, 0.6) is 5.75 Å². The number of hydrogen-bond acceptors (Lipinski definition) is 5. The lowest BCUT2D eigenvalue weighted by Gasteiger charge is -2.33. The van der Waals surface area contributed by atoms with Crippen LogP contribution in [0.3, 0.4) is 0 Å². The van der Waals surface area contributed by atoms with E-state index in [4.69, 9.17) is 9.15 Å². The molecule has 0 radical (unpaired) electrons. The van der Waals surface area contributed by atoms with E-state index in [1.54, 1.807) is 16.7 Å². The summed E-state index contributed by atoms with van der Waals surface area (Å²) in [5.41, 5.74) is 2.35. The molecular formula is C26H29NO3S. The molecule has 5 rings (SSSR count). The summed E-state index contributed by atoms with van der Waals surface area (Å²) in [6, 6.07) is 16.5. The standard InChI is InChI=1S/C26H29NO3S/c1-2-20-21-6-3-4-9-25(21)31-26(20)18-10-13-27(14-11-18)16-19(28)17-30-24-8-5-7-23-22(24)12-15-29-23/h3-9,12,15,18-19,28H,2,10-11,13-14,16-17H2,1H3/t19-/m0/s1. The van der Waals surface area contributed by atoms with Crippen molar-refractivity contribution in [1.29, 1.82) is 0 Å². The van der Waals surface area contributed by atoms with E-state index in [-0.39, 0.29) is 0 Å². The largest absolute Gasteiger partial charge is 0.490 e. The third-order valence-corrected chi connectivity index (χ3v) is 7.77. The molecule has 31 heavy (non-hydrogen) atoms. The lowest BCUT2D eigenvalue weighted by Crippen LogP contribution is -2.40. The van der Waals surface area contributed by atoms with Crippen LogP contribution in [0.15, 0.2) is 59.2 Å². The maximum absolute atomic E-state index is 10.6. The number of aliphatic hydroxyl groups excluding tert-OH is 1. The van der Waals surface area contributed by atoms with Crippen molar-refractivity contribution in [3.63, 3.8) is 0 Å². The minimum Gasteiger partial charge on any atom is -0.490 e. The SMILES string of the molecule is CCc1c(C2CCN(C[C@H](O)COc3cccc4occc34)CC2)sc2ccccc12. The Hall–Kier alpha value is -2.34. The smallest absolute Gasteiger partial charge is 0.137 e. The van der Waals surface area contributed by atoms with Gasteiger partial charge in [-0.3, -0.25) is 0 Å². The Morgan fingerprint density at radius 2 is 1.94 bits per heavy atom. The van der Waals surface area contributed by atoms with E-state index in [1.807, 2.05) is 35.6 Å². The Labute approximate surface area is 187 Å². The second-order valence-corrected chi connectivity index (χ2v) is 9.51. The lowest BCUT2D eigenvalue weighted by molar-refractivity contribution is 0.0600. The maximum atomic E-state index is 10.6.